The third-order valence-electron chi connectivity index (χ3n) is 5.10. The number of hydrazine groups is 1. The van der Waals surface area contributed by atoms with Crippen LogP contribution in [0.2, 0.25) is 0 Å². The van der Waals surface area contributed by atoms with E-state index in [0.29, 0.717) is 11.2 Å². The molecule has 23 heavy (non-hydrogen) atoms. The van der Waals surface area contributed by atoms with Crippen LogP contribution < -0.4 is 15.9 Å². The molecule has 2 aliphatic rings. The molecule has 0 radical (unpaired) electrons. The van der Waals surface area contributed by atoms with Gasteiger partial charge in [0.15, 0.2) is 0 Å². The Morgan fingerprint density at radius 3 is 2.35 bits per heavy atom. The number of halogens is 1. The molecule has 1 N–H and O–H groups in total. The van der Waals surface area contributed by atoms with Crippen LogP contribution in [0.25, 0.3) is 0 Å². The monoisotopic (exact) mass is 318 g/mol. The molecule has 6 heteroatoms. The molecule has 1 atom stereocenters. The molecule has 2 heterocycles. The van der Waals surface area contributed by atoms with E-state index in [1.807, 2.05) is 40.7 Å². The summed E-state index contributed by atoms with van der Waals surface area (Å²) in [6.45, 7) is 13.9. The minimum atomic E-state index is -0.573. The summed E-state index contributed by atoms with van der Waals surface area (Å²) in [5.74, 6) is -0.286. The predicted molar refractivity (Wildman–Crippen MR) is 91.2 cm³/mol. The smallest absolute Gasteiger partial charge is 0.399 e. The summed E-state index contributed by atoms with van der Waals surface area (Å²) in [6, 6.07) is 3.35. The lowest BCUT2D eigenvalue weighted by Gasteiger charge is -2.32. The van der Waals surface area contributed by atoms with Crippen LogP contribution >= 0.6 is 0 Å². The maximum atomic E-state index is 14.7. The van der Waals surface area contributed by atoms with Crippen molar-refractivity contribution in [3.8, 4) is 0 Å². The first kappa shape index (κ1) is 16.5. The molecule has 1 saturated heterocycles. The predicted octanol–water partition coefficient (Wildman–Crippen LogP) is 2.70. The summed E-state index contributed by atoms with van der Waals surface area (Å²) < 4.78 is 26.7. The third-order valence-corrected chi connectivity index (χ3v) is 5.10. The Kier molecular flexibility index (Phi) is 3.63. The molecule has 1 aromatic rings. The highest BCUT2D eigenvalue weighted by atomic mass is 19.1. The van der Waals surface area contributed by atoms with Crippen LogP contribution in [-0.4, -0.2) is 25.4 Å². The summed E-state index contributed by atoms with van der Waals surface area (Å²) in [4.78, 5) is 0. The Balaban J connectivity index is 2.03. The molecule has 1 aromatic carbocycles. The fraction of sp³-hybridized carbons (Fsp3) is 0.529. The van der Waals surface area contributed by atoms with Gasteiger partial charge in [-0.3, -0.25) is 0 Å². The first-order valence-corrected chi connectivity index (χ1v) is 7.88. The van der Waals surface area contributed by atoms with Gasteiger partial charge in [0.05, 0.1) is 22.9 Å². The highest BCUT2D eigenvalue weighted by Gasteiger charge is 2.52. The molecule has 0 bridgehead atoms. The Bertz CT molecular complexity index is 659. The zero-order chi connectivity index (χ0) is 17.2. The van der Waals surface area contributed by atoms with Crippen molar-refractivity contribution in [3.63, 3.8) is 0 Å². The number of nitrogens with zero attached hydrogens (tertiary/aromatic N) is 1. The van der Waals surface area contributed by atoms with Crippen LogP contribution in [-0.2, 0) is 9.31 Å². The molecule has 0 aromatic heterocycles. The van der Waals surface area contributed by atoms with E-state index in [0.717, 1.165) is 11.1 Å². The van der Waals surface area contributed by atoms with Gasteiger partial charge in [-0.25, -0.2) is 9.82 Å². The van der Waals surface area contributed by atoms with Gasteiger partial charge in [-0.2, -0.15) is 0 Å². The van der Waals surface area contributed by atoms with E-state index in [4.69, 9.17) is 9.31 Å². The normalized spacial score (nSPS) is 24.9. The lowest BCUT2D eigenvalue weighted by atomic mass is 9.77. The number of anilines is 1. The van der Waals surface area contributed by atoms with E-state index in [1.165, 1.54) is 6.07 Å². The Morgan fingerprint density at radius 2 is 1.83 bits per heavy atom. The van der Waals surface area contributed by atoms with Crippen molar-refractivity contribution in [1.82, 2.24) is 5.43 Å². The highest BCUT2D eigenvalue weighted by Crippen LogP contribution is 2.39. The van der Waals surface area contributed by atoms with Crippen molar-refractivity contribution in [2.24, 2.45) is 0 Å². The van der Waals surface area contributed by atoms with Gasteiger partial charge in [-0.1, -0.05) is 18.2 Å². The van der Waals surface area contributed by atoms with Gasteiger partial charge in [-0.15, -0.1) is 0 Å². The summed E-state index contributed by atoms with van der Waals surface area (Å²) >= 11 is 0. The van der Waals surface area contributed by atoms with Crippen LogP contribution in [0.15, 0.2) is 24.3 Å². The molecule has 1 fully saturated rings. The van der Waals surface area contributed by atoms with Gasteiger partial charge in [0.2, 0.25) is 0 Å². The van der Waals surface area contributed by atoms with Gasteiger partial charge in [0, 0.05) is 12.6 Å². The van der Waals surface area contributed by atoms with Gasteiger partial charge >= 0.3 is 7.12 Å². The average molecular weight is 318 g/mol. The van der Waals surface area contributed by atoms with Gasteiger partial charge in [0.1, 0.15) is 5.82 Å². The molecular weight excluding hydrogens is 294 g/mol. The van der Waals surface area contributed by atoms with Crippen molar-refractivity contribution in [2.75, 3.05) is 12.1 Å². The SMILES string of the molecule is C=C(C)C1NN(C)c2c(F)cc(B3OC(C)(C)C(C)(C)O3)cc21. The van der Waals surface area contributed by atoms with E-state index in [1.54, 1.807) is 12.1 Å². The average Bonchev–Trinajstić information content (AvgIpc) is 2.85. The van der Waals surface area contributed by atoms with Crippen LogP contribution in [0.1, 0.15) is 46.2 Å². The van der Waals surface area contributed by atoms with E-state index in [2.05, 4.69) is 12.0 Å². The van der Waals surface area contributed by atoms with E-state index >= 15 is 0 Å². The highest BCUT2D eigenvalue weighted by molar-refractivity contribution is 6.62. The Labute approximate surface area is 137 Å². The lowest BCUT2D eigenvalue weighted by molar-refractivity contribution is 0.00578. The number of hydrogen-bond donors (Lipinski definition) is 1. The first-order chi connectivity index (χ1) is 10.5. The fourth-order valence-corrected chi connectivity index (χ4v) is 3.03. The summed E-state index contributed by atoms with van der Waals surface area (Å²) in [6.07, 6.45) is 0. The zero-order valence-corrected chi connectivity index (χ0v) is 14.7. The van der Waals surface area contributed by atoms with Crippen molar-refractivity contribution in [2.45, 2.75) is 51.9 Å². The molecule has 4 nitrogen and oxygen atoms in total. The quantitative estimate of drug-likeness (QED) is 0.671. The standard InChI is InChI=1S/C17H24BFN2O2/c1-10(2)14-12-8-11(9-13(19)15(12)21(7)20-14)18-22-16(3,4)17(5,6)23-18/h8-9,14,20H,1H2,2-7H3. The Hall–Kier alpha value is -1.37. The number of rotatable bonds is 2. The third kappa shape index (κ3) is 2.49. The Morgan fingerprint density at radius 1 is 1.26 bits per heavy atom. The van der Waals surface area contributed by atoms with Crippen LogP contribution in [0.5, 0.6) is 0 Å². The van der Waals surface area contributed by atoms with Crippen LogP contribution in [0, 0.1) is 5.82 Å². The van der Waals surface area contributed by atoms with Crippen molar-refractivity contribution in [3.05, 3.63) is 35.7 Å². The molecule has 124 valence electrons. The number of benzene rings is 1. The lowest BCUT2D eigenvalue weighted by Crippen LogP contribution is -2.41. The maximum absolute atomic E-state index is 14.7. The van der Waals surface area contributed by atoms with Crippen molar-refractivity contribution in [1.29, 1.82) is 0 Å². The second kappa shape index (κ2) is 5.06. The minimum absolute atomic E-state index is 0.105. The summed E-state index contributed by atoms with van der Waals surface area (Å²) in [7, 11) is 1.23. The van der Waals surface area contributed by atoms with Gasteiger partial charge in [-0.05, 0) is 46.1 Å². The number of nitrogens with one attached hydrogen (secondary N) is 1. The summed E-state index contributed by atoms with van der Waals surface area (Å²) in [5.41, 5.74) is 5.37. The first-order valence-electron chi connectivity index (χ1n) is 7.88. The minimum Gasteiger partial charge on any atom is -0.399 e. The molecule has 0 saturated carbocycles. The van der Waals surface area contributed by atoms with Gasteiger partial charge in [0.25, 0.3) is 0 Å². The van der Waals surface area contributed by atoms with Crippen molar-refractivity contribution >= 4 is 18.3 Å². The number of fused-ring (bicyclic) bond motifs is 1. The molecule has 2 aliphatic heterocycles. The van der Waals surface area contributed by atoms with E-state index < -0.39 is 18.3 Å². The largest absolute Gasteiger partial charge is 0.494 e. The second-order valence-corrected chi connectivity index (χ2v) is 7.50. The number of hydrogen-bond acceptors (Lipinski definition) is 4. The molecule has 0 spiro atoms. The topological polar surface area (TPSA) is 33.7 Å². The van der Waals surface area contributed by atoms with Crippen LogP contribution in [0.3, 0.4) is 0 Å². The fourth-order valence-electron chi connectivity index (χ4n) is 3.03. The molecular formula is C17H24BFN2O2. The van der Waals surface area contributed by atoms with Gasteiger partial charge < -0.3 is 14.3 Å². The van der Waals surface area contributed by atoms with E-state index in [9.17, 15) is 4.39 Å². The maximum Gasteiger partial charge on any atom is 0.494 e. The molecule has 0 amide bonds. The summed E-state index contributed by atoms with van der Waals surface area (Å²) in [5, 5.41) is 1.71. The molecule has 0 aliphatic carbocycles. The van der Waals surface area contributed by atoms with Crippen molar-refractivity contribution < 1.29 is 13.7 Å². The van der Waals surface area contributed by atoms with E-state index in [-0.39, 0.29) is 11.9 Å². The molecule has 3 rings (SSSR count). The second-order valence-electron chi connectivity index (χ2n) is 7.50. The zero-order valence-electron chi connectivity index (χ0n) is 14.7. The van der Waals surface area contributed by atoms with Crippen LogP contribution in [0.4, 0.5) is 10.1 Å². The molecule has 1 unspecified atom stereocenters.